The van der Waals surface area contributed by atoms with Crippen molar-refractivity contribution in [2.24, 2.45) is 39.4 Å². The Labute approximate surface area is 509 Å². The van der Waals surface area contributed by atoms with Gasteiger partial charge in [-0.1, -0.05) is 51.0 Å². The quantitative estimate of drug-likeness (QED) is 0.0300. The first-order chi connectivity index (χ1) is 38.8. The Hall–Kier alpha value is -1.89. The van der Waals surface area contributed by atoms with Crippen LogP contribution in [0, 0.1) is 39.4 Å². The molecule has 84 heavy (non-hydrogen) atoms. The van der Waals surface area contributed by atoms with Crippen LogP contribution in [0.25, 0.3) is 0 Å². The van der Waals surface area contributed by atoms with E-state index in [9.17, 15) is 68.5 Å². The van der Waals surface area contributed by atoms with Crippen LogP contribution in [-0.4, -0.2) is 233 Å². The normalized spacial score (nSPS) is 48.3. The number of rotatable bonds is 16. The summed E-state index contributed by atoms with van der Waals surface area (Å²) in [6, 6.07) is 0. The van der Waals surface area contributed by atoms with E-state index in [1.807, 2.05) is 59.8 Å². The smallest absolute Gasteiger partial charge is 0.875 e. The van der Waals surface area contributed by atoms with Gasteiger partial charge in [0.2, 0.25) is 0 Å². The van der Waals surface area contributed by atoms with Crippen LogP contribution in [0.3, 0.4) is 0 Å². The minimum Gasteiger partial charge on any atom is -0.875 e. The van der Waals surface area contributed by atoms with Crippen LogP contribution < -0.4 is 34.7 Å². The molecule has 4 aliphatic carbocycles. The third-order valence-electron chi connectivity index (χ3n) is 19.9. The van der Waals surface area contributed by atoms with Crippen molar-refractivity contribution in [3.8, 4) is 0 Å². The first-order valence-electron chi connectivity index (χ1n) is 28.3. The molecule has 8 fully saturated rings. The zero-order valence-corrected chi connectivity index (χ0v) is 51.7. The summed E-state index contributed by atoms with van der Waals surface area (Å²) in [5.74, 6) is -2.37. The second kappa shape index (κ2) is 25.4. The summed E-state index contributed by atoms with van der Waals surface area (Å²) < 4.78 is 103. The van der Waals surface area contributed by atoms with E-state index in [1.54, 1.807) is 0 Å². The Morgan fingerprint density at radius 2 is 1.36 bits per heavy atom. The van der Waals surface area contributed by atoms with Gasteiger partial charge in [0.15, 0.2) is 25.2 Å². The summed E-state index contributed by atoms with van der Waals surface area (Å²) in [7, 11) is -4.05. The third-order valence-corrected chi connectivity index (χ3v) is 20.3. The topological polar surface area (TPSA) is 404 Å². The van der Waals surface area contributed by atoms with Gasteiger partial charge in [0.1, 0.15) is 97.2 Å². The number of allylic oxidation sites excluding steroid dienone is 5. The Bertz CT molecular complexity index is 2580. The third kappa shape index (κ3) is 11.9. The van der Waals surface area contributed by atoms with Crippen LogP contribution in [-0.2, 0) is 76.3 Å². The molecule has 0 aromatic heterocycles. The summed E-state index contributed by atoms with van der Waals surface area (Å²) in [5, 5.41) is 114. The van der Waals surface area contributed by atoms with Crippen LogP contribution in [0.1, 0.15) is 93.9 Å². The Morgan fingerprint density at radius 3 is 1.99 bits per heavy atom. The van der Waals surface area contributed by atoms with Gasteiger partial charge in [0.05, 0.1) is 43.9 Å². The molecule has 3 saturated carbocycles. The number of ether oxygens (including phenoxy) is 11. The van der Waals surface area contributed by atoms with Crippen molar-refractivity contribution in [2.75, 3.05) is 33.5 Å². The summed E-state index contributed by atoms with van der Waals surface area (Å²) in [4.78, 5) is 27.4. The molecule has 9 rings (SSSR count). The van der Waals surface area contributed by atoms with Crippen LogP contribution in [0.4, 0.5) is 0 Å². The van der Waals surface area contributed by atoms with Crippen LogP contribution in [0.15, 0.2) is 35.1 Å². The predicted molar refractivity (Wildman–Crippen MR) is 276 cm³/mol. The van der Waals surface area contributed by atoms with E-state index < -0.39 is 205 Å². The van der Waals surface area contributed by atoms with Crippen molar-refractivity contribution in [2.45, 2.75) is 222 Å². The van der Waals surface area contributed by atoms with Crippen molar-refractivity contribution >= 4 is 22.3 Å². The number of hydrogen-bond acceptors (Lipinski definition) is 26. The maximum Gasteiger partial charge on any atom is 1.00 e. The molecule has 0 bridgehead atoms. The molecule has 5 aliphatic heterocycles. The molecule has 27 nitrogen and oxygen atoms in total. The molecule has 9 aliphatic rings. The number of carbonyl (C=O) groups is 2. The fourth-order valence-corrected chi connectivity index (χ4v) is 16.5. The van der Waals surface area contributed by atoms with Crippen molar-refractivity contribution < 1.29 is 159 Å². The number of cyclic esters (lactones) is 1. The van der Waals surface area contributed by atoms with Crippen molar-refractivity contribution in [3.05, 3.63) is 35.1 Å². The van der Waals surface area contributed by atoms with Gasteiger partial charge in [-0.2, -0.15) is 8.42 Å². The van der Waals surface area contributed by atoms with Crippen molar-refractivity contribution in [1.82, 2.24) is 0 Å². The molecular weight excluding hydrogens is 1150 g/mol. The zero-order chi connectivity index (χ0) is 60.8. The number of carbonyl (C=O) groups excluding carboxylic acids is 2. The minimum atomic E-state index is -5.23. The summed E-state index contributed by atoms with van der Waals surface area (Å²) >= 11 is 0. The summed E-state index contributed by atoms with van der Waals surface area (Å²) in [6.45, 7) is 12.0. The number of aliphatic hydroxyl groups is 9. The van der Waals surface area contributed by atoms with E-state index in [1.165, 1.54) is 14.0 Å². The zero-order valence-electron chi connectivity index (χ0n) is 48.9. The van der Waals surface area contributed by atoms with Gasteiger partial charge in [0, 0.05) is 19.4 Å². The van der Waals surface area contributed by atoms with Crippen molar-refractivity contribution in [1.29, 1.82) is 0 Å². The average Bonchev–Trinajstić information content (AvgIpc) is 1.44. The van der Waals surface area contributed by atoms with Gasteiger partial charge >= 0.3 is 51.9 Å². The van der Waals surface area contributed by atoms with Gasteiger partial charge in [-0.3, -0.25) is 14.1 Å². The molecule has 0 aromatic carbocycles. The molecule has 29 heteroatoms. The predicted octanol–water partition coefficient (Wildman–Crippen LogP) is -4.94. The first kappa shape index (κ1) is 68.0. The average molecular weight is 1230 g/mol. The Morgan fingerprint density at radius 1 is 0.738 bits per heavy atom. The molecule has 10 N–H and O–H groups in total. The van der Waals surface area contributed by atoms with Crippen LogP contribution in [0.5, 0.6) is 0 Å². The second-order valence-corrected chi connectivity index (χ2v) is 26.5. The van der Waals surface area contributed by atoms with Crippen LogP contribution in [0.2, 0.25) is 0 Å². The largest absolute Gasteiger partial charge is 1.00 e. The van der Waals surface area contributed by atoms with E-state index in [-0.39, 0.29) is 60.0 Å². The fourth-order valence-electron chi connectivity index (χ4n) is 16.0. The van der Waals surface area contributed by atoms with Crippen molar-refractivity contribution in [3.63, 3.8) is 0 Å². The summed E-state index contributed by atoms with van der Waals surface area (Å²) in [6.07, 6.45) is -25.4. The molecule has 0 unspecified atom stereocenters. The molecule has 27 atom stereocenters. The van der Waals surface area contributed by atoms with E-state index in [0.29, 0.717) is 31.3 Å². The molecule has 472 valence electrons. The van der Waals surface area contributed by atoms with E-state index in [2.05, 4.69) is 6.92 Å². The van der Waals surface area contributed by atoms with Gasteiger partial charge in [-0.15, -0.1) is 5.76 Å². The molecule has 5 heterocycles. The number of hydrogen-bond donors (Lipinski definition) is 10. The van der Waals surface area contributed by atoms with E-state index in [4.69, 9.17) is 56.3 Å². The summed E-state index contributed by atoms with van der Waals surface area (Å²) in [5.41, 5.74) is -3.15. The minimum absolute atomic E-state index is 0. The van der Waals surface area contributed by atoms with Gasteiger partial charge in [-0.25, -0.2) is 4.18 Å². The van der Waals surface area contributed by atoms with E-state index >= 15 is 5.11 Å². The number of aliphatic hydroxyl groups excluding tert-OH is 9. The second-order valence-electron chi connectivity index (χ2n) is 25.4. The maximum atomic E-state index is 15.2. The van der Waals surface area contributed by atoms with E-state index in [0.717, 1.165) is 5.57 Å². The first-order valence-corrected chi connectivity index (χ1v) is 29.6. The number of esters is 2. The number of fused-ring (bicyclic) bond motifs is 4. The van der Waals surface area contributed by atoms with Gasteiger partial charge in [-0.05, 0) is 88.0 Å². The standard InChI is InChI=1S/C55H84O27S.Na/c1-23(2)11-10-14-54(8)45-28(74-24(3)58)18-53(7)34-25(12-16-55(45,53)50(67)81-54)52(6)15-13-33(51(4,5)32(52)17-26(34)59)77-49-44(36(62)31(22-73-49)82-83(68,69)70)80-47-38(64)37(63)42(30(20-57)76-47)79-46-39(65)41(27(60)21-72-46)78-48-40(66)43(71-9)35(61)29(19-56)75-48;/h10-11,14,25,27-33,35-49,56-57,59-66H,12-13,15-22H2,1-9H3,(H,68,69,70);/q;+1/p-1/b14-10+;/t25-,27+,28-,29+,30+,31+,32-,33-,35+,36-,37+,38+,39+,40+,41-,42+,43-,44+,45+,46-,47-,48-,49-,52+,53-,54-,55+;/m0./s1. The maximum absolute atomic E-state index is 15.2. The molecule has 1 spiro atoms. The SMILES string of the molecule is CO[C@@H]1[C@@H](O)[C@H](O[C@@H]2[C@@H](O)[C@H](O[C@H]3[C@H](O)[C@@H](O)[C@H](O[C@H]4[C@H](O[C@H]5CC[C@]6(C)[C@H]7CC[C@]89C(=O)O[C@@](C)(/C=C/C=C(C)C)[C@H]8[C@@H](OC(C)=O)C[C@@]9(C)C7=C([O-])C[C@H]6C5(C)C)OC[C@@H](OS(=O)(=O)O)[C@@H]4O)O[C@@H]3CO)OC[C@H]2O)O[C@H](CO)[C@H]1O.[Na+]. The number of methoxy groups -OCH3 is 1. The molecule has 0 aromatic rings. The van der Waals surface area contributed by atoms with Gasteiger partial charge in [0.25, 0.3) is 0 Å². The molecule has 5 saturated heterocycles. The fraction of sp³-hybridized carbons (Fsp3) is 0.855. The molecule has 0 radical (unpaired) electrons. The van der Waals surface area contributed by atoms with Crippen LogP contribution >= 0.6 is 0 Å². The Kier molecular flexibility index (Phi) is 20.6. The molecular formula is C55H83NaO27S. The monoisotopic (exact) mass is 1230 g/mol. The molecule has 0 amide bonds. The Balaban J connectivity index is 0.00000920. The van der Waals surface area contributed by atoms with Gasteiger partial charge < -0.3 is 103 Å².